The molecule has 1 fully saturated rings. The van der Waals surface area contributed by atoms with Gasteiger partial charge in [0.2, 0.25) is 0 Å². The fourth-order valence-electron chi connectivity index (χ4n) is 1.74. The number of rotatable bonds is 7. The van der Waals surface area contributed by atoms with Crippen molar-refractivity contribution in [2.45, 2.75) is 44.3 Å². The van der Waals surface area contributed by atoms with Crippen LogP contribution in [-0.4, -0.2) is 48.2 Å². The van der Waals surface area contributed by atoms with Crippen LogP contribution >= 0.6 is 0 Å². The average Bonchev–Trinajstić information content (AvgIpc) is 2.70. The van der Waals surface area contributed by atoms with Gasteiger partial charge in [-0.05, 0) is 39.2 Å². The maximum atomic E-state index is 9.50. The standard InChI is InChI=1S/C11H23NO3/c1-11(14,9-13)8-12-6-2-4-10-5-3-7-15-10/h10,12-14H,2-9H2,1H3. The summed E-state index contributed by atoms with van der Waals surface area (Å²) in [6.07, 6.45) is 4.98. The molecule has 0 amide bonds. The van der Waals surface area contributed by atoms with Crippen LogP contribution in [0.15, 0.2) is 0 Å². The molecule has 0 aliphatic carbocycles. The Morgan fingerprint density at radius 2 is 2.33 bits per heavy atom. The van der Waals surface area contributed by atoms with E-state index in [0.717, 1.165) is 26.0 Å². The van der Waals surface area contributed by atoms with Crippen LogP contribution in [0.2, 0.25) is 0 Å². The van der Waals surface area contributed by atoms with Crippen molar-refractivity contribution < 1.29 is 14.9 Å². The lowest BCUT2D eigenvalue weighted by Crippen LogP contribution is -2.41. The SMILES string of the molecule is CC(O)(CO)CNCCCC1CCCO1. The van der Waals surface area contributed by atoms with E-state index in [9.17, 15) is 5.11 Å². The van der Waals surface area contributed by atoms with Crippen molar-refractivity contribution in [3.63, 3.8) is 0 Å². The van der Waals surface area contributed by atoms with E-state index in [1.807, 2.05) is 0 Å². The lowest BCUT2D eigenvalue weighted by Gasteiger charge is -2.20. The van der Waals surface area contributed by atoms with Crippen LogP contribution in [0.3, 0.4) is 0 Å². The van der Waals surface area contributed by atoms with Crippen LogP contribution in [-0.2, 0) is 4.74 Å². The molecule has 0 aromatic carbocycles. The first-order valence-electron chi connectivity index (χ1n) is 5.79. The van der Waals surface area contributed by atoms with Gasteiger partial charge in [-0.3, -0.25) is 0 Å². The summed E-state index contributed by atoms with van der Waals surface area (Å²) in [6, 6.07) is 0. The largest absolute Gasteiger partial charge is 0.393 e. The Balaban J connectivity index is 1.92. The Kier molecular flexibility index (Phi) is 5.53. The molecule has 1 rings (SSSR count). The predicted molar refractivity (Wildman–Crippen MR) is 58.8 cm³/mol. The highest BCUT2D eigenvalue weighted by Crippen LogP contribution is 2.16. The molecule has 0 aromatic heterocycles. The van der Waals surface area contributed by atoms with Crippen molar-refractivity contribution in [2.24, 2.45) is 0 Å². The second-order valence-corrected chi connectivity index (χ2v) is 4.61. The van der Waals surface area contributed by atoms with Gasteiger partial charge in [-0.25, -0.2) is 0 Å². The number of hydrogen-bond acceptors (Lipinski definition) is 4. The molecule has 0 radical (unpaired) electrons. The molecule has 15 heavy (non-hydrogen) atoms. The highest BCUT2D eigenvalue weighted by Gasteiger charge is 2.18. The number of aliphatic hydroxyl groups excluding tert-OH is 1. The minimum Gasteiger partial charge on any atom is -0.393 e. The van der Waals surface area contributed by atoms with Crippen LogP contribution in [0, 0.1) is 0 Å². The maximum absolute atomic E-state index is 9.50. The minimum atomic E-state index is -0.996. The van der Waals surface area contributed by atoms with Crippen LogP contribution in [0.5, 0.6) is 0 Å². The molecule has 3 N–H and O–H groups in total. The number of nitrogens with one attached hydrogen (secondary N) is 1. The minimum absolute atomic E-state index is 0.203. The Bertz CT molecular complexity index is 167. The summed E-state index contributed by atoms with van der Waals surface area (Å²) in [5, 5.41) is 21.4. The zero-order valence-electron chi connectivity index (χ0n) is 9.54. The zero-order chi connectivity index (χ0) is 11.1. The fraction of sp³-hybridized carbons (Fsp3) is 1.00. The van der Waals surface area contributed by atoms with E-state index in [-0.39, 0.29) is 6.61 Å². The molecule has 4 heteroatoms. The summed E-state index contributed by atoms with van der Waals surface area (Å²) in [5.74, 6) is 0. The number of aliphatic hydroxyl groups is 2. The molecule has 4 nitrogen and oxygen atoms in total. The predicted octanol–water partition coefficient (Wildman–Crippen LogP) is 0.278. The van der Waals surface area contributed by atoms with Crippen molar-refractivity contribution in [2.75, 3.05) is 26.3 Å². The second kappa shape index (κ2) is 6.43. The fourth-order valence-corrected chi connectivity index (χ4v) is 1.74. The highest BCUT2D eigenvalue weighted by molar-refractivity contribution is 4.74. The molecule has 1 saturated heterocycles. The molecular formula is C11H23NO3. The summed E-state index contributed by atoms with van der Waals surface area (Å²) >= 11 is 0. The van der Waals surface area contributed by atoms with Gasteiger partial charge in [-0.1, -0.05) is 0 Å². The number of ether oxygens (including phenoxy) is 1. The number of hydrogen-bond donors (Lipinski definition) is 3. The summed E-state index contributed by atoms with van der Waals surface area (Å²) in [5.41, 5.74) is -0.996. The Morgan fingerprint density at radius 1 is 1.53 bits per heavy atom. The quantitative estimate of drug-likeness (QED) is 0.536. The van der Waals surface area contributed by atoms with Gasteiger partial charge in [0.25, 0.3) is 0 Å². The lowest BCUT2D eigenvalue weighted by molar-refractivity contribution is 0.00268. The molecule has 1 aliphatic heterocycles. The van der Waals surface area contributed by atoms with Gasteiger partial charge in [0.05, 0.1) is 18.3 Å². The van der Waals surface area contributed by atoms with Gasteiger partial charge in [0.15, 0.2) is 0 Å². The smallest absolute Gasteiger partial charge is 0.0972 e. The zero-order valence-corrected chi connectivity index (χ0v) is 9.54. The summed E-state index contributed by atoms with van der Waals surface area (Å²) in [4.78, 5) is 0. The third-order valence-corrected chi connectivity index (χ3v) is 2.75. The molecule has 0 aromatic rings. The Hall–Kier alpha value is -0.160. The van der Waals surface area contributed by atoms with Crippen molar-refractivity contribution in [1.29, 1.82) is 0 Å². The topological polar surface area (TPSA) is 61.7 Å². The molecule has 2 unspecified atom stereocenters. The van der Waals surface area contributed by atoms with Gasteiger partial charge in [0, 0.05) is 13.2 Å². The maximum Gasteiger partial charge on any atom is 0.0972 e. The van der Waals surface area contributed by atoms with Gasteiger partial charge in [-0.15, -0.1) is 0 Å². The highest BCUT2D eigenvalue weighted by atomic mass is 16.5. The van der Waals surface area contributed by atoms with Crippen molar-refractivity contribution in [3.05, 3.63) is 0 Å². The summed E-state index contributed by atoms with van der Waals surface area (Å²) < 4.78 is 5.50. The van der Waals surface area contributed by atoms with Crippen molar-refractivity contribution >= 4 is 0 Å². The third-order valence-electron chi connectivity index (χ3n) is 2.75. The second-order valence-electron chi connectivity index (χ2n) is 4.61. The molecule has 1 heterocycles. The van der Waals surface area contributed by atoms with Crippen LogP contribution < -0.4 is 5.32 Å². The first-order chi connectivity index (χ1) is 7.14. The molecule has 1 aliphatic rings. The van der Waals surface area contributed by atoms with Crippen LogP contribution in [0.25, 0.3) is 0 Å². The van der Waals surface area contributed by atoms with E-state index in [1.54, 1.807) is 6.92 Å². The van der Waals surface area contributed by atoms with Crippen molar-refractivity contribution in [3.8, 4) is 0 Å². The normalized spacial score (nSPS) is 25.4. The summed E-state index contributed by atoms with van der Waals surface area (Å²) in [6.45, 7) is 3.65. The van der Waals surface area contributed by atoms with Gasteiger partial charge >= 0.3 is 0 Å². The molecular weight excluding hydrogens is 194 g/mol. The Morgan fingerprint density at radius 3 is 2.93 bits per heavy atom. The van der Waals surface area contributed by atoms with Gasteiger partial charge in [0.1, 0.15) is 0 Å². The first kappa shape index (κ1) is 12.9. The van der Waals surface area contributed by atoms with E-state index in [2.05, 4.69) is 5.32 Å². The average molecular weight is 217 g/mol. The van der Waals surface area contributed by atoms with E-state index in [4.69, 9.17) is 9.84 Å². The molecule has 0 spiro atoms. The molecule has 90 valence electrons. The lowest BCUT2D eigenvalue weighted by atomic mass is 10.1. The molecule has 0 saturated carbocycles. The van der Waals surface area contributed by atoms with E-state index >= 15 is 0 Å². The monoisotopic (exact) mass is 217 g/mol. The first-order valence-corrected chi connectivity index (χ1v) is 5.79. The van der Waals surface area contributed by atoms with Crippen molar-refractivity contribution in [1.82, 2.24) is 5.32 Å². The van der Waals surface area contributed by atoms with Crippen LogP contribution in [0.4, 0.5) is 0 Å². The van der Waals surface area contributed by atoms with E-state index in [0.29, 0.717) is 12.6 Å². The van der Waals surface area contributed by atoms with E-state index < -0.39 is 5.60 Å². The molecule has 0 bridgehead atoms. The van der Waals surface area contributed by atoms with Crippen LogP contribution in [0.1, 0.15) is 32.6 Å². The van der Waals surface area contributed by atoms with Gasteiger partial charge < -0.3 is 20.3 Å². The van der Waals surface area contributed by atoms with E-state index in [1.165, 1.54) is 12.8 Å². The molecule has 2 atom stereocenters. The summed E-state index contributed by atoms with van der Waals surface area (Å²) in [7, 11) is 0. The van der Waals surface area contributed by atoms with Gasteiger partial charge in [-0.2, -0.15) is 0 Å². The Labute approximate surface area is 91.6 Å². The third kappa shape index (κ3) is 5.47.